The second kappa shape index (κ2) is 5.25. The van der Waals surface area contributed by atoms with Crippen LogP contribution in [0.4, 0.5) is 10.1 Å². The second-order valence-corrected chi connectivity index (χ2v) is 3.95. The predicted molar refractivity (Wildman–Crippen MR) is 60.3 cm³/mol. The summed E-state index contributed by atoms with van der Waals surface area (Å²) in [5.74, 6) is -0.414. The highest BCUT2D eigenvalue weighted by Gasteiger charge is 2.23. The van der Waals surface area contributed by atoms with Crippen LogP contribution < -0.4 is 4.90 Å². The number of morpholine rings is 1. The van der Waals surface area contributed by atoms with E-state index < -0.39 is 11.9 Å². The maximum atomic E-state index is 13.3. The summed E-state index contributed by atoms with van der Waals surface area (Å²) in [6, 6.07) is 3.93. The van der Waals surface area contributed by atoms with Crippen molar-refractivity contribution in [3.63, 3.8) is 0 Å². The van der Waals surface area contributed by atoms with Gasteiger partial charge in [-0.05, 0) is 23.8 Å². The van der Waals surface area contributed by atoms with Crippen LogP contribution in [0.25, 0.3) is 0 Å². The molecule has 1 saturated heterocycles. The molecule has 1 fully saturated rings. The van der Waals surface area contributed by atoms with Crippen molar-refractivity contribution in [2.24, 2.45) is 0 Å². The summed E-state index contributed by atoms with van der Waals surface area (Å²) in [7, 11) is 0. The summed E-state index contributed by atoms with van der Waals surface area (Å²) in [5, 5.41) is 9.03. The largest absolute Gasteiger partial charge is 0.392 e. The molecule has 1 aromatic rings. The molecule has 0 aromatic heterocycles. The van der Waals surface area contributed by atoms with Crippen molar-refractivity contribution >= 4 is 12.0 Å². The van der Waals surface area contributed by atoms with E-state index in [4.69, 9.17) is 9.84 Å². The number of carbonyl (C=O) groups is 1. The molecule has 2 rings (SSSR count). The predicted octanol–water partition coefficient (Wildman–Crippen LogP) is 0.722. The fraction of sp³-hybridized carbons (Fsp3) is 0.417. The number of aldehydes is 1. The van der Waals surface area contributed by atoms with Gasteiger partial charge in [0.25, 0.3) is 0 Å². The number of hydrogen-bond acceptors (Lipinski definition) is 4. The van der Waals surface area contributed by atoms with Crippen LogP contribution in [0.5, 0.6) is 0 Å². The van der Waals surface area contributed by atoms with Gasteiger partial charge >= 0.3 is 0 Å². The van der Waals surface area contributed by atoms with E-state index in [2.05, 4.69) is 0 Å². The number of aliphatic hydroxyl groups is 1. The van der Waals surface area contributed by atoms with Crippen molar-refractivity contribution in [3.8, 4) is 0 Å². The lowest BCUT2D eigenvalue weighted by Gasteiger charge is -2.34. The number of hydrogen-bond donors (Lipinski definition) is 1. The van der Waals surface area contributed by atoms with E-state index in [-0.39, 0.29) is 6.61 Å². The minimum absolute atomic E-state index is 0.221. The van der Waals surface area contributed by atoms with Gasteiger partial charge in [0.05, 0.1) is 19.8 Å². The molecular formula is C12H14FNO3. The van der Waals surface area contributed by atoms with Crippen molar-refractivity contribution in [2.75, 3.05) is 24.7 Å². The standard InChI is InChI=1S/C12H14FNO3/c13-10-3-9(6-15)4-11(5-10)14-1-2-17-8-12(14)7-16/h3-5,7,12,15H,1-2,6,8H2. The van der Waals surface area contributed by atoms with Gasteiger partial charge in [-0.2, -0.15) is 0 Å². The van der Waals surface area contributed by atoms with Gasteiger partial charge in [-0.15, -0.1) is 0 Å². The quantitative estimate of drug-likeness (QED) is 0.790. The fourth-order valence-corrected chi connectivity index (χ4v) is 1.95. The Hall–Kier alpha value is -1.46. The van der Waals surface area contributed by atoms with Gasteiger partial charge in [-0.1, -0.05) is 0 Å². The van der Waals surface area contributed by atoms with Gasteiger partial charge in [-0.3, -0.25) is 0 Å². The van der Waals surface area contributed by atoms with Gasteiger partial charge in [0.15, 0.2) is 0 Å². The molecule has 1 aliphatic rings. The van der Waals surface area contributed by atoms with Crippen molar-refractivity contribution in [3.05, 3.63) is 29.6 Å². The summed E-state index contributed by atoms with van der Waals surface area (Å²) < 4.78 is 18.5. The van der Waals surface area contributed by atoms with Gasteiger partial charge in [-0.25, -0.2) is 4.39 Å². The Morgan fingerprint density at radius 3 is 3.06 bits per heavy atom. The van der Waals surface area contributed by atoms with E-state index in [0.29, 0.717) is 31.0 Å². The zero-order valence-electron chi connectivity index (χ0n) is 9.30. The highest BCUT2D eigenvalue weighted by atomic mass is 19.1. The first-order chi connectivity index (χ1) is 8.24. The SMILES string of the molecule is O=CC1COCCN1c1cc(F)cc(CO)c1. The number of anilines is 1. The van der Waals surface area contributed by atoms with Crippen molar-refractivity contribution < 1.29 is 19.0 Å². The first-order valence-electron chi connectivity index (χ1n) is 5.44. The Morgan fingerprint density at radius 2 is 2.35 bits per heavy atom. The van der Waals surface area contributed by atoms with Gasteiger partial charge in [0, 0.05) is 12.2 Å². The molecule has 5 heteroatoms. The Bertz CT molecular complexity index is 411. The molecule has 1 N–H and O–H groups in total. The summed E-state index contributed by atoms with van der Waals surface area (Å²) >= 11 is 0. The highest BCUT2D eigenvalue weighted by Crippen LogP contribution is 2.22. The van der Waals surface area contributed by atoms with E-state index in [1.165, 1.54) is 12.1 Å². The number of carbonyl (C=O) groups excluding carboxylic acids is 1. The van der Waals surface area contributed by atoms with Crippen LogP contribution in [0.15, 0.2) is 18.2 Å². The smallest absolute Gasteiger partial charge is 0.144 e. The van der Waals surface area contributed by atoms with Crippen LogP contribution in [-0.4, -0.2) is 37.2 Å². The molecule has 1 aliphatic heterocycles. The Labute approximate surface area is 98.6 Å². The lowest BCUT2D eigenvalue weighted by Crippen LogP contribution is -2.46. The maximum absolute atomic E-state index is 13.3. The summed E-state index contributed by atoms with van der Waals surface area (Å²) in [6.45, 7) is 1.14. The van der Waals surface area contributed by atoms with Crippen LogP contribution in [0, 0.1) is 5.82 Å². The molecule has 0 aliphatic carbocycles. The molecule has 0 radical (unpaired) electrons. The molecular weight excluding hydrogens is 225 g/mol. The molecule has 1 heterocycles. The van der Waals surface area contributed by atoms with Crippen LogP contribution >= 0.6 is 0 Å². The molecule has 1 atom stereocenters. The van der Waals surface area contributed by atoms with E-state index in [1.54, 1.807) is 11.0 Å². The lowest BCUT2D eigenvalue weighted by molar-refractivity contribution is -0.111. The van der Waals surface area contributed by atoms with Gasteiger partial charge in [0.2, 0.25) is 0 Å². The van der Waals surface area contributed by atoms with Gasteiger partial charge < -0.3 is 19.5 Å². The average molecular weight is 239 g/mol. The minimum Gasteiger partial charge on any atom is -0.392 e. The molecule has 92 valence electrons. The number of ether oxygens (including phenoxy) is 1. The zero-order valence-corrected chi connectivity index (χ0v) is 9.30. The third kappa shape index (κ3) is 2.62. The van der Waals surface area contributed by atoms with Crippen LogP contribution in [-0.2, 0) is 16.1 Å². The van der Waals surface area contributed by atoms with E-state index in [1.807, 2.05) is 0 Å². The number of nitrogens with zero attached hydrogens (tertiary/aromatic N) is 1. The first-order valence-corrected chi connectivity index (χ1v) is 5.44. The highest BCUT2D eigenvalue weighted by molar-refractivity contribution is 5.67. The topological polar surface area (TPSA) is 49.8 Å². The van der Waals surface area contributed by atoms with Crippen molar-refractivity contribution in [2.45, 2.75) is 12.6 Å². The van der Waals surface area contributed by atoms with E-state index in [0.717, 1.165) is 6.29 Å². The van der Waals surface area contributed by atoms with E-state index >= 15 is 0 Å². The van der Waals surface area contributed by atoms with Crippen LogP contribution in [0.2, 0.25) is 0 Å². The second-order valence-electron chi connectivity index (χ2n) is 3.95. The van der Waals surface area contributed by atoms with Crippen LogP contribution in [0.1, 0.15) is 5.56 Å². The molecule has 4 nitrogen and oxygen atoms in total. The Kier molecular flexibility index (Phi) is 3.71. The number of halogens is 1. The number of aliphatic hydroxyl groups excluding tert-OH is 1. The van der Waals surface area contributed by atoms with E-state index in [9.17, 15) is 9.18 Å². The first kappa shape index (κ1) is 12.0. The maximum Gasteiger partial charge on any atom is 0.144 e. The van der Waals surface area contributed by atoms with Crippen molar-refractivity contribution in [1.29, 1.82) is 0 Å². The summed E-state index contributed by atoms with van der Waals surface area (Å²) in [6.07, 6.45) is 0.794. The molecule has 0 bridgehead atoms. The van der Waals surface area contributed by atoms with Crippen LogP contribution in [0.3, 0.4) is 0 Å². The average Bonchev–Trinajstić information content (AvgIpc) is 2.37. The summed E-state index contributed by atoms with van der Waals surface area (Å²) in [4.78, 5) is 12.7. The monoisotopic (exact) mass is 239 g/mol. The normalized spacial score (nSPS) is 20.4. The molecule has 1 unspecified atom stereocenters. The van der Waals surface area contributed by atoms with Gasteiger partial charge in [0.1, 0.15) is 18.1 Å². The molecule has 0 saturated carbocycles. The molecule has 0 amide bonds. The minimum atomic E-state index is -0.414. The molecule has 17 heavy (non-hydrogen) atoms. The Morgan fingerprint density at radius 1 is 1.53 bits per heavy atom. The lowest BCUT2D eigenvalue weighted by atomic mass is 10.1. The Balaban J connectivity index is 2.30. The fourth-order valence-electron chi connectivity index (χ4n) is 1.95. The molecule has 0 spiro atoms. The third-order valence-corrected chi connectivity index (χ3v) is 2.78. The zero-order chi connectivity index (χ0) is 12.3. The number of rotatable bonds is 3. The summed E-state index contributed by atoms with van der Waals surface area (Å²) in [5.41, 5.74) is 1.10. The third-order valence-electron chi connectivity index (χ3n) is 2.78. The molecule has 1 aromatic carbocycles. The van der Waals surface area contributed by atoms with Crippen molar-refractivity contribution in [1.82, 2.24) is 0 Å². The number of benzene rings is 1.